The fourth-order valence-corrected chi connectivity index (χ4v) is 4.38. The number of nitrogens with two attached hydrogens (primary N) is 1. The van der Waals surface area contributed by atoms with Gasteiger partial charge in [-0.15, -0.1) is 0 Å². The summed E-state index contributed by atoms with van der Waals surface area (Å²) in [5, 5.41) is 28.1. The van der Waals surface area contributed by atoms with E-state index in [1.807, 2.05) is 0 Å². The minimum atomic E-state index is -1.44. The van der Waals surface area contributed by atoms with Gasteiger partial charge in [-0.05, 0) is 78.5 Å². The van der Waals surface area contributed by atoms with E-state index in [2.05, 4.69) is 0 Å². The minimum absolute atomic E-state index is 0.0198. The van der Waals surface area contributed by atoms with Crippen molar-refractivity contribution >= 4 is 13.1 Å². The van der Waals surface area contributed by atoms with Crippen LogP contribution in [0.5, 0.6) is 0 Å². The molecule has 1 aliphatic rings. The van der Waals surface area contributed by atoms with Gasteiger partial charge in [0.05, 0.1) is 5.41 Å². The van der Waals surface area contributed by atoms with Crippen LogP contribution in [0.4, 0.5) is 8.78 Å². The Hall–Kier alpha value is -2.29. The highest BCUT2D eigenvalue weighted by Crippen LogP contribution is 2.48. The van der Waals surface area contributed by atoms with Crippen molar-refractivity contribution in [2.75, 3.05) is 0 Å². The van der Waals surface area contributed by atoms with E-state index in [4.69, 9.17) is 15.8 Å². The highest BCUT2D eigenvalue weighted by molar-refractivity contribution is 6.40. The molecule has 0 bridgehead atoms. The second-order valence-electron chi connectivity index (χ2n) is 7.81. The van der Waals surface area contributed by atoms with Gasteiger partial charge in [0.2, 0.25) is 0 Å². The zero-order valence-electron chi connectivity index (χ0n) is 16.2. The molecule has 0 unspecified atom stereocenters. The zero-order chi connectivity index (χ0) is 21.3. The molecule has 8 heteroatoms. The normalized spacial score (nSPS) is 20.6. The van der Waals surface area contributed by atoms with Crippen LogP contribution in [0.1, 0.15) is 36.5 Å². The number of hydrogen-bond donors (Lipinski definition) is 4. The minimum Gasteiger partial charge on any atom is -0.481 e. The molecule has 0 amide bonds. The number of fused-ring (bicyclic) bond motifs is 1. The van der Waals surface area contributed by atoms with Gasteiger partial charge >= 0.3 is 13.1 Å². The largest absolute Gasteiger partial charge is 0.481 e. The lowest BCUT2D eigenvalue weighted by Crippen LogP contribution is -2.37. The van der Waals surface area contributed by atoms with Gasteiger partial charge in [-0.3, -0.25) is 4.79 Å². The van der Waals surface area contributed by atoms with Crippen LogP contribution in [0.3, 0.4) is 0 Å². The summed E-state index contributed by atoms with van der Waals surface area (Å²) in [6, 6.07) is 6.83. The molecule has 0 heterocycles. The van der Waals surface area contributed by atoms with Crippen molar-refractivity contribution in [1.82, 2.24) is 0 Å². The second kappa shape index (κ2) is 8.22. The number of aliphatic carboxylic acids is 1. The SMILES string of the molecule is C[C@@]1(C(=O)O)c2cc(-c3ccc(F)cc3CN)c(F)cc2C[C@@H]1CCCB(O)O. The molecule has 0 aliphatic heterocycles. The first-order valence-electron chi connectivity index (χ1n) is 9.59. The Bertz CT molecular complexity index is 937. The predicted octanol–water partition coefficient (Wildman–Crippen LogP) is 2.86. The smallest absolute Gasteiger partial charge is 0.451 e. The van der Waals surface area contributed by atoms with Crippen molar-refractivity contribution in [2.24, 2.45) is 11.7 Å². The first-order valence-corrected chi connectivity index (χ1v) is 9.59. The van der Waals surface area contributed by atoms with E-state index in [1.54, 1.807) is 13.0 Å². The van der Waals surface area contributed by atoms with Gasteiger partial charge in [0.1, 0.15) is 11.6 Å². The third kappa shape index (κ3) is 3.92. The molecule has 29 heavy (non-hydrogen) atoms. The van der Waals surface area contributed by atoms with Gasteiger partial charge in [0.15, 0.2) is 0 Å². The monoisotopic (exact) mass is 403 g/mol. The summed E-state index contributed by atoms with van der Waals surface area (Å²) in [5.41, 5.74) is 6.69. The average Bonchev–Trinajstić information content (AvgIpc) is 2.93. The summed E-state index contributed by atoms with van der Waals surface area (Å²) in [5.74, 6) is -2.30. The summed E-state index contributed by atoms with van der Waals surface area (Å²) >= 11 is 0. The maximum Gasteiger partial charge on any atom is 0.451 e. The van der Waals surface area contributed by atoms with E-state index < -0.39 is 30.1 Å². The summed E-state index contributed by atoms with van der Waals surface area (Å²) in [7, 11) is -1.44. The van der Waals surface area contributed by atoms with Crippen LogP contribution in [0, 0.1) is 17.6 Å². The fraction of sp³-hybridized carbons (Fsp3) is 0.381. The van der Waals surface area contributed by atoms with Crippen LogP contribution >= 0.6 is 0 Å². The number of halogens is 2. The first-order chi connectivity index (χ1) is 13.7. The van der Waals surface area contributed by atoms with Crippen molar-refractivity contribution in [3.63, 3.8) is 0 Å². The summed E-state index contributed by atoms with van der Waals surface area (Å²) < 4.78 is 28.5. The molecule has 2 atom stereocenters. The molecular formula is C21H24BF2NO4. The molecule has 1 aliphatic carbocycles. The lowest BCUT2D eigenvalue weighted by Gasteiger charge is -2.28. The van der Waals surface area contributed by atoms with Crippen molar-refractivity contribution < 1.29 is 28.7 Å². The van der Waals surface area contributed by atoms with Gasteiger partial charge in [-0.1, -0.05) is 12.5 Å². The van der Waals surface area contributed by atoms with Gasteiger partial charge in [0.25, 0.3) is 0 Å². The quantitative estimate of drug-likeness (QED) is 0.533. The molecule has 0 saturated heterocycles. The molecule has 2 aromatic carbocycles. The molecule has 0 fully saturated rings. The van der Waals surface area contributed by atoms with E-state index >= 15 is 0 Å². The fourth-order valence-electron chi connectivity index (χ4n) is 4.38. The van der Waals surface area contributed by atoms with Crippen molar-refractivity contribution in [3.8, 4) is 11.1 Å². The Morgan fingerprint density at radius 3 is 2.59 bits per heavy atom. The molecule has 5 N–H and O–H groups in total. The van der Waals surface area contributed by atoms with Gasteiger partial charge < -0.3 is 20.9 Å². The van der Waals surface area contributed by atoms with Crippen molar-refractivity contribution in [1.29, 1.82) is 0 Å². The highest BCUT2D eigenvalue weighted by atomic mass is 19.1. The molecule has 0 spiro atoms. The number of carboxylic acids is 1. The Balaban J connectivity index is 2.06. The van der Waals surface area contributed by atoms with Crippen LogP contribution in [-0.2, 0) is 23.2 Å². The number of carboxylic acid groups (broad SMARTS) is 1. The lowest BCUT2D eigenvalue weighted by atomic mass is 9.72. The third-order valence-electron chi connectivity index (χ3n) is 6.07. The van der Waals surface area contributed by atoms with E-state index in [9.17, 15) is 18.7 Å². The summed E-state index contributed by atoms with van der Waals surface area (Å²) in [6.07, 6.45) is 1.46. The van der Waals surface area contributed by atoms with Crippen LogP contribution in [0.2, 0.25) is 6.32 Å². The number of rotatable bonds is 7. The molecule has 5 nitrogen and oxygen atoms in total. The van der Waals surface area contributed by atoms with Gasteiger partial charge in [-0.2, -0.15) is 0 Å². The third-order valence-corrected chi connectivity index (χ3v) is 6.07. The van der Waals surface area contributed by atoms with Crippen LogP contribution in [0.25, 0.3) is 11.1 Å². The second-order valence-corrected chi connectivity index (χ2v) is 7.81. The van der Waals surface area contributed by atoms with Gasteiger partial charge in [-0.25, -0.2) is 8.78 Å². The van der Waals surface area contributed by atoms with Gasteiger partial charge in [0, 0.05) is 12.1 Å². The Kier molecular flexibility index (Phi) is 6.07. The molecule has 0 saturated carbocycles. The molecule has 3 rings (SSSR count). The van der Waals surface area contributed by atoms with Crippen LogP contribution in [-0.4, -0.2) is 28.2 Å². The predicted molar refractivity (Wildman–Crippen MR) is 106 cm³/mol. The summed E-state index contributed by atoms with van der Waals surface area (Å²) in [6.45, 7) is 1.64. The van der Waals surface area contributed by atoms with E-state index in [0.717, 1.165) is 0 Å². The maximum atomic E-state index is 14.9. The van der Waals surface area contributed by atoms with Crippen molar-refractivity contribution in [3.05, 3.63) is 58.7 Å². The Morgan fingerprint density at radius 1 is 1.24 bits per heavy atom. The number of carbonyl (C=O) groups is 1. The Morgan fingerprint density at radius 2 is 1.97 bits per heavy atom. The molecule has 0 radical (unpaired) electrons. The van der Waals surface area contributed by atoms with Crippen molar-refractivity contribution in [2.45, 2.75) is 44.5 Å². The first kappa shape index (κ1) is 21.4. The summed E-state index contributed by atoms with van der Waals surface area (Å²) in [4.78, 5) is 12.2. The van der Waals surface area contributed by atoms with E-state index in [-0.39, 0.29) is 24.3 Å². The van der Waals surface area contributed by atoms with Crippen LogP contribution in [0.15, 0.2) is 30.3 Å². The zero-order valence-corrected chi connectivity index (χ0v) is 16.2. The molecule has 0 aromatic heterocycles. The lowest BCUT2D eigenvalue weighted by molar-refractivity contribution is -0.145. The van der Waals surface area contributed by atoms with E-state index in [0.29, 0.717) is 41.5 Å². The van der Waals surface area contributed by atoms with E-state index in [1.165, 1.54) is 24.3 Å². The van der Waals surface area contributed by atoms with Crippen LogP contribution < -0.4 is 5.73 Å². The Labute approximate surface area is 168 Å². The average molecular weight is 403 g/mol. The maximum absolute atomic E-state index is 14.9. The standard InChI is InChI=1S/C21H24BF2NO4/c1-21(20(26)27)14(3-2-6-22(28)29)7-12-9-19(24)17(10-18(12)21)16-5-4-15(23)8-13(16)11-25/h4-5,8-10,14,28-29H,2-3,6-7,11,25H2,1H3,(H,26,27)/t14-,21-/m0/s1. The molecule has 2 aromatic rings. The number of benzene rings is 2. The molecular weight excluding hydrogens is 379 g/mol. The molecule has 154 valence electrons. The number of hydrogen-bond acceptors (Lipinski definition) is 4. The highest BCUT2D eigenvalue weighted by Gasteiger charge is 2.49. The topological polar surface area (TPSA) is 104 Å².